The molecule has 786 valence electrons. The molecule has 0 radical (unpaired) electrons. The number of hydrogen-bond donors (Lipinski definition) is 17. The number of allylic oxidation sites excluding steroid dienone is 2. The predicted octanol–water partition coefficient (Wildman–Crippen LogP) is 11.6. The minimum absolute atomic E-state index is 0.0642. The summed E-state index contributed by atoms with van der Waals surface area (Å²) >= 11 is 0. The Morgan fingerprint density at radius 1 is 0.414 bits per heavy atom. The Morgan fingerprint density at radius 3 is 1.10 bits per heavy atom. The van der Waals surface area contributed by atoms with Crippen LogP contribution in [0.25, 0.3) is 22.1 Å². The van der Waals surface area contributed by atoms with Gasteiger partial charge in [0.05, 0.1) is 54.7 Å². The van der Waals surface area contributed by atoms with Gasteiger partial charge in [0.2, 0.25) is 47.2 Å². The molecule has 0 bridgehead atoms. The van der Waals surface area contributed by atoms with Gasteiger partial charge in [0.1, 0.15) is 45.1 Å². The molecule has 25 N–H and O–H groups in total. The number of benzene rings is 5. The number of hydrogen-bond acceptors (Lipinski definition) is 30. The van der Waals surface area contributed by atoms with Gasteiger partial charge in [0, 0.05) is 118 Å². The van der Waals surface area contributed by atoms with Crippen molar-refractivity contribution in [2.24, 2.45) is 34.4 Å². The fourth-order valence-electron chi connectivity index (χ4n) is 11.5. The summed E-state index contributed by atoms with van der Waals surface area (Å²) in [7, 11) is 0. The fraction of sp³-hybridized carbons (Fsp3) is 0.375. The van der Waals surface area contributed by atoms with Gasteiger partial charge in [-0.25, -0.2) is 38.7 Å². The van der Waals surface area contributed by atoms with Crippen LogP contribution in [0.5, 0.6) is 0 Å². The highest BCUT2D eigenvalue weighted by molar-refractivity contribution is 6.04. The molecule has 9 aromatic rings. The summed E-state index contributed by atoms with van der Waals surface area (Å²) in [5.41, 5.74) is 46.4. The number of carboxylic acid groups (broad SMARTS) is 1. The smallest absolute Gasteiger partial charge is 0.407 e. The third-order valence-electron chi connectivity index (χ3n) is 17.6. The molecule has 0 saturated carbocycles. The molecule has 0 aliphatic heterocycles. The van der Waals surface area contributed by atoms with E-state index in [1.54, 1.807) is 207 Å². The number of nitrogen functional groups attached to an aromatic ring is 2. The van der Waals surface area contributed by atoms with Gasteiger partial charge in [-0.1, -0.05) is 60.8 Å². The molecule has 0 atom stereocenters. The molecule has 11 amide bonds. The first kappa shape index (κ1) is 122. The SMILES string of the molecule is CC(C)(C)OC(=O)NCC=CCN.CC(C)(C)OC(=O)NCC=CCNc1ccc(C(N)=O)cc1N.CC(C)(C)OC(=O)NCC=CCNc1ccc(C(N)=O)cc1[N+](=O)[O-].CC(C)(C)OC(=O)NCC=CCn1c(N)nc2cc(C(N)=O)ccc21.CCn1nc(C)cc1C(=O)Nc1nc2cc(C(N)=O)ccc2n1CC=CCNC(=O)OC(C)(C)C.CCn1nc(C)cc1C(=O)O.NC(=O)c1ccc(F)c([N+](=O)[O-])c1. The van der Waals surface area contributed by atoms with Crippen molar-refractivity contribution in [3.63, 3.8) is 0 Å². The number of ether oxygens (including phenoxy) is 5. The maximum absolute atomic E-state index is 13.0. The van der Waals surface area contributed by atoms with Crippen LogP contribution in [0.15, 0.2) is 164 Å². The lowest BCUT2D eigenvalue weighted by Gasteiger charge is -2.19. The number of nitro groups is 2. The van der Waals surface area contributed by atoms with Crippen LogP contribution < -0.4 is 88.4 Å². The molecule has 5 aromatic carbocycles. The van der Waals surface area contributed by atoms with E-state index < -0.39 is 115 Å². The van der Waals surface area contributed by atoms with Gasteiger partial charge in [-0.15, -0.1) is 0 Å². The van der Waals surface area contributed by atoms with Crippen molar-refractivity contribution in [3.05, 3.63) is 241 Å². The number of aryl methyl sites for hydroxylation is 4. The Bertz CT molecular complexity index is 6150. The number of anilines is 5. The molecular weight excluding hydrogens is 1890 g/mol. The van der Waals surface area contributed by atoms with E-state index in [4.69, 9.17) is 74.7 Å². The molecule has 4 heterocycles. The highest BCUT2D eigenvalue weighted by Gasteiger charge is 2.25. The highest BCUT2D eigenvalue weighted by atomic mass is 19.1. The fourth-order valence-corrected chi connectivity index (χ4v) is 11.5. The van der Waals surface area contributed by atoms with Crippen molar-refractivity contribution < 1.29 is 101 Å². The summed E-state index contributed by atoms with van der Waals surface area (Å²) in [5.74, 6) is -4.79. The normalized spacial score (nSPS) is 11.2. The Kier molecular flexibility index (Phi) is 48.8. The van der Waals surface area contributed by atoms with Crippen molar-refractivity contribution >= 4 is 134 Å². The molecule has 0 unspecified atom stereocenters. The van der Waals surface area contributed by atoms with E-state index in [0.29, 0.717) is 128 Å². The minimum atomic E-state index is -0.991. The van der Waals surface area contributed by atoms with Crippen molar-refractivity contribution in [1.29, 1.82) is 0 Å². The number of fused-ring (bicyclic) bond motifs is 2. The molecule has 0 fully saturated rings. The Labute approximate surface area is 836 Å². The lowest BCUT2D eigenvalue weighted by Crippen LogP contribution is -2.32. The van der Waals surface area contributed by atoms with Crippen LogP contribution in [-0.4, -0.2) is 206 Å². The van der Waals surface area contributed by atoms with Crippen LogP contribution in [0, 0.1) is 39.9 Å². The maximum atomic E-state index is 13.0. The molecular formula is C96H133FN26O22. The topological polar surface area (TPSA) is 733 Å². The van der Waals surface area contributed by atoms with E-state index in [1.165, 1.54) is 22.9 Å². The van der Waals surface area contributed by atoms with Gasteiger partial charge < -0.3 is 121 Å². The largest absolute Gasteiger partial charge is 0.477 e. The Balaban J connectivity index is 0.000000449. The number of alkyl carbamates (subject to hydrolysis) is 5. The van der Waals surface area contributed by atoms with Gasteiger partial charge in [-0.05, 0) is 223 Å². The first-order valence-corrected chi connectivity index (χ1v) is 44.8. The second-order valence-corrected chi connectivity index (χ2v) is 35.6. The summed E-state index contributed by atoms with van der Waals surface area (Å²) in [4.78, 5) is 165. The first-order valence-electron chi connectivity index (χ1n) is 44.8. The van der Waals surface area contributed by atoms with Gasteiger partial charge >= 0.3 is 42.1 Å². The van der Waals surface area contributed by atoms with Crippen LogP contribution in [0.1, 0.15) is 202 Å². The van der Waals surface area contributed by atoms with E-state index in [1.807, 2.05) is 59.8 Å². The molecule has 145 heavy (non-hydrogen) atoms. The standard InChI is InChI=1S/C24H31N7O4.C17H23N5O3.C16H22N4O5.C16H24N4O3.C9H18N2O2.C7H5FN2O3.C7H10N2O2/c1-6-31-19(13-15(2)29-31)21(33)28-22-27-17-14-16(20(25)32)9-10-18(17)30(22)12-8-7-11-26-23(34)35-24(3,4)5;1-17(2,3)25-16(24)20-8-4-5-9-22-13-7-6-11(14(18)23)10-12(13)21-15(22)19;1-16(2,3)25-15(22)19-9-5-4-8-18-12-7-6-11(14(17)21)10-13(12)20(23)24;1-16(2,3)23-15(22)20-9-5-4-8-19-13-7-6-11(14(18)21)10-12(13)17;1-9(2,3)13-8(12)11-7-5-4-6-10;8-5-2-1-4(7(9)11)3-6(5)10(12)13;1-3-9-6(7(10)11)4-5(2)8-9/h7-10,13-14H,6,11-12H2,1-5H3,(H2,25,32)(H,26,34)(H,27,28,33);4-7,10H,8-9H2,1-3H3,(H2,18,23)(H2,19,21)(H,20,24);4-7,10,18H,8-9H2,1-3H3,(H2,17,21)(H,19,22);4-7,10,19H,8-9,17H2,1-3H3,(H2,18,21)(H,20,22);4-5H,6-7,10H2,1-3H3,(H,11,12);1-3H,(H2,9,11);4H,3H2,1-2H3,(H,10,11). The van der Waals surface area contributed by atoms with E-state index in [9.17, 15) is 82.2 Å². The summed E-state index contributed by atoms with van der Waals surface area (Å²) < 4.78 is 44.9. The average Bonchev–Trinajstić information content (AvgIpc) is 1.65. The number of imidazole rings is 2. The summed E-state index contributed by atoms with van der Waals surface area (Å²) in [6, 6.07) is 24.7. The molecule has 0 aliphatic carbocycles. The predicted molar refractivity (Wildman–Crippen MR) is 547 cm³/mol. The van der Waals surface area contributed by atoms with Crippen molar-refractivity contribution in [2.75, 3.05) is 79.8 Å². The highest BCUT2D eigenvalue weighted by Crippen LogP contribution is 2.28. The zero-order chi connectivity index (χ0) is 110. The van der Waals surface area contributed by atoms with Crippen LogP contribution in [0.2, 0.25) is 0 Å². The second kappa shape index (κ2) is 58.0. The third kappa shape index (κ3) is 47.0. The minimum Gasteiger partial charge on any atom is -0.477 e. The number of nitro benzene ring substituents is 2. The summed E-state index contributed by atoms with van der Waals surface area (Å²) in [6.45, 7) is 39.3. The molecule has 48 nitrogen and oxygen atoms in total. The summed E-state index contributed by atoms with van der Waals surface area (Å²) in [5, 5.41) is 60.1. The monoisotopic (exact) mass is 2020 g/mol. The van der Waals surface area contributed by atoms with Crippen LogP contribution in [0.4, 0.5) is 68.7 Å². The quantitative estimate of drug-likeness (QED) is 0.00597. The molecule has 9 rings (SSSR count). The summed E-state index contributed by atoms with van der Waals surface area (Å²) in [6.07, 6.45) is 15.5. The molecule has 0 spiro atoms. The molecule has 49 heteroatoms. The van der Waals surface area contributed by atoms with Gasteiger partial charge in [0.25, 0.3) is 11.6 Å². The third-order valence-corrected chi connectivity index (χ3v) is 17.6. The van der Waals surface area contributed by atoms with Crippen molar-refractivity contribution in [1.82, 2.24) is 65.2 Å². The number of amides is 11. The number of nitrogens with two attached hydrogens (primary N) is 8. The van der Waals surface area contributed by atoms with Crippen LogP contribution in [0.3, 0.4) is 0 Å². The number of halogens is 1. The number of aromatic carboxylic acids is 1. The number of aromatic nitrogens is 8. The van der Waals surface area contributed by atoms with E-state index in [2.05, 4.69) is 62.7 Å². The zero-order valence-corrected chi connectivity index (χ0v) is 84.6. The van der Waals surface area contributed by atoms with Gasteiger partial charge in [0.15, 0.2) is 0 Å². The zero-order valence-electron chi connectivity index (χ0n) is 84.6. The van der Waals surface area contributed by atoms with Crippen molar-refractivity contribution in [3.8, 4) is 0 Å². The lowest BCUT2D eigenvalue weighted by atomic mass is 10.1. The van der Waals surface area contributed by atoms with Crippen molar-refractivity contribution in [2.45, 2.75) is 186 Å². The average molecular weight is 2020 g/mol. The van der Waals surface area contributed by atoms with Gasteiger partial charge in [-0.3, -0.25) is 63.7 Å². The Hall–Kier alpha value is -17.3. The lowest BCUT2D eigenvalue weighted by molar-refractivity contribution is -0.387. The maximum Gasteiger partial charge on any atom is 0.407 e. The number of nitrogens with one attached hydrogen (secondary N) is 8. The number of rotatable bonds is 33. The van der Waals surface area contributed by atoms with Crippen LogP contribution in [-0.2, 0) is 49.9 Å². The van der Waals surface area contributed by atoms with E-state index in [-0.39, 0.29) is 47.2 Å². The van der Waals surface area contributed by atoms with E-state index in [0.717, 1.165) is 41.2 Å². The van der Waals surface area contributed by atoms with E-state index >= 15 is 0 Å². The van der Waals surface area contributed by atoms with Crippen LogP contribution >= 0.6 is 0 Å². The van der Waals surface area contributed by atoms with Gasteiger partial charge in [-0.2, -0.15) is 14.6 Å². The molecule has 0 saturated heterocycles. The second-order valence-electron chi connectivity index (χ2n) is 35.6. The number of carboxylic acids is 1. The number of primary amides is 5. The first-order chi connectivity index (χ1) is 67.6. The number of carbonyl (C=O) groups is 12. The number of nitrogens with zero attached hydrogens (tertiary/aromatic N) is 10. The Morgan fingerprint density at radius 2 is 0.731 bits per heavy atom. The molecule has 4 aromatic heterocycles. The number of carbonyl (C=O) groups excluding carboxylic acids is 11. The molecule has 0 aliphatic rings.